The Morgan fingerprint density at radius 1 is 1.30 bits per heavy atom. The van der Waals surface area contributed by atoms with Crippen LogP contribution in [0.15, 0.2) is 6.20 Å². The number of rotatable bonds is 2. The van der Waals surface area contributed by atoms with Crippen molar-refractivity contribution in [3.8, 4) is 11.3 Å². The predicted molar refractivity (Wildman–Crippen MR) is 80.5 cm³/mol. The summed E-state index contributed by atoms with van der Waals surface area (Å²) in [6, 6.07) is 0.547. The number of anilines is 1. The quantitative estimate of drug-likeness (QED) is 0.915. The molecule has 1 fully saturated rings. The summed E-state index contributed by atoms with van der Waals surface area (Å²) < 4.78 is 4.02. The van der Waals surface area contributed by atoms with Gasteiger partial charge in [-0.3, -0.25) is 4.68 Å². The Hall–Kier alpha value is -1.78. The van der Waals surface area contributed by atoms with Crippen molar-refractivity contribution in [3.05, 3.63) is 17.7 Å². The van der Waals surface area contributed by atoms with Crippen LogP contribution < -0.4 is 5.73 Å². The van der Waals surface area contributed by atoms with Crippen LogP contribution >= 0.6 is 0 Å². The standard InChI is InChI=1S/C15H23N5/c1-9-17-12(14(16)20(9)10-6-7-10)11-8-19(5)18-13(11)15(2,3)4/h8,10H,6-7,16H2,1-5H3. The molecule has 0 spiro atoms. The van der Waals surface area contributed by atoms with Gasteiger partial charge in [-0.15, -0.1) is 0 Å². The molecule has 0 aromatic carbocycles. The highest BCUT2D eigenvalue weighted by Gasteiger charge is 2.31. The Morgan fingerprint density at radius 2 is 1.95 bits per heavy atom. The monoisotopic (exact) mass is 273 g/mol. The lowest BCUT2D eigenvalue weighted by molar-refractivity contribution is 0.554. The van der Waals surface area contributed by atoms with E-state index in [1.807, 2.05) is 24.9 Å². The molecular weight excluding hydrogens is 250 g/mol. The molecular formula is C15H23N5. The molecule has 5 nitrogen and oxygen atoms in total. The molecule has 2 heterocycles. The van der Waals surface area contributed by atoms with E-state index in [-0.39, 0.29) is 5.41 Å². The van der Waals surface area contributed by atoms with Crippen LogP contribution in [0.5, 0.6) is 0 Å². The third-order valence-corrected chi connectivity index (χ3v) is 3.83. The van der Waals surface area contributed by atoms with E-state index in [4.69, 9.17) is 10.7 Å². The maximum Gasteiger partial charge on any atom is 0.132 e. The van der Waals surface area contributed by atoms with Crippen LogP contribution in [-0.4, -0.2) is 19.3 Å². The summed E-state index contributed by atoms with van der Waals surface area (Å²) >= 11 is 0. The molecule has 0 unspecified atom stereocenters. The van der Waals surface area contributed by atoms with Gasteiger partial charge in [0.15, 0.2) is 0 Å². The van der Waals surface area contributed by atoms with Crippen LogP contribution in [0.2, 0.25) is 0 Å². The molecule has 1 aliphatic carbocycles. The number of aryl methyl sites for hydroxylation is 2. The minimum Gasteiger partial charge on any atom is -0.383 e. The average Bonchev–Trinajstić information content (AvgIpc) is 3.00. The molecule has 0 atom stereocenters. The molecule has 1 saturated carbocycles. The highest BCUT2D eigenvalue weighted by atomic mass is 15.3. The molecule has 0 radical (unpaired) electrons. The summed E-state index contributed by atoms with van der Waals surface area (Å²) in [5, 5.41) is 4.61. The van der Waals surface area contributed by atoms with E-state index in [9.17, 15) is 0 Å². The van der Waals surface area contributed by atoms with Crippen LogP contribution in [0, 0.1) is 6.92 Å². The molecule has 2 aromatic rings. The maximum atomic E-state index is 6.36. The second-order valence-corrected chi connectivity index (χ2v) is 6.81. The van der Waals surface area contributed by atoms with Gasteiger partial charge < -0.3 is 10.3 Å². The topological polar surface area (TPSA) is 61.7 Å². The summed E-state index contributed by atoms with van der Waals surface area (Å²) in [7, 11) is 1.94. The number of imidazole rings is 1. The maximum absolute atomic E-state index is 6.36. The lowest BCUT2D eigenvalue weighted by Gasteiger charge is -2.17. The molecule has 108 valence electrons. The van der Waals surface area contributed by atoms with Crippen LogP contribution in [0.3, 0.4) is 0 Å². The average molecular weight is 273 g/mol. The smallest absolute Gasteiger partial charge is 0.132 e. The first-order valence-corrected chi connectivity index (χ1v) is 7.18. The lowest BCUT2D eigenvalue weighted by Crippen LogP contribution is -2.14. The first kappa shape index (κ1) is 13.2. The van der Waals surface area contributed by atoms with Gasteiger partial charge in [-0.05, 0) is 19.8 Å². The first-order valence-electron chi connectivity index (χ1n) is 7.18. The van der Waals surface area contributed by atoms with Crippen molar-refractivity contribution >= 4 is 5.82 Å². The van der Waals surface area contributed by atoms with Gasteiger partial charge in [0, 0.05) is 30.3 Å². The number of hydrogen-bond donors (Lipinski definition) is 1. The van der Waals surface area contributed by atoms with Crippen LogP contribution in [0.25, 0.3) is 11.3 Å². The number of hydrogen-bond acceptors (Lipinski definition) is 3. The minimum atomic E-state index is -0.0275. The van der Waals surface area contributed by atoms with E-state index in [0.717, 1.165) is 28.6 Å². The number of nitrogen functional groups attached to an aromatic ring is 1. The zero-order valence-electron chi connectivity index (χ0n) is 12.9. The van der Waals surface area contributed by atoms with Crippen LogP contribution in [0.1, 0.15) is 51.2 Å². The van der Waals surface area contributed by atoms with Gasteiger partial charge in [0.25, 0.3) is 0 Å². The normalized spacial score (nSPS) is 15.8. The minimum absolute atomic E-state index is 0.0275. The summed E-state index contributed by atoms with van der Waals surface area (Å²) in [4.78, 5) is 4.71. The molecule has 0 aliphatic heterocycles. The second kappa shape index (κ2) is 4.11. The highest BCUT2D eigenvalue weighted by Crippen LogP contribution is 2.42. The predicted octanol–water partition coefficient (Wildman–Crippen LogP) is 2.81. The van der Waals surface area contributed by atoms with Gasteiger partial charge in [0.05, 0.1) is 5.69 Å². The molecule has 3 rings (SSSR count). The van der Waals surface area contributed by atoms with E-state index in [2.05, 4.69) is 30.4 Å². The fourth-order valence-corrected chi connectivity index (χ4v) is 2.77. The van der Waals surface area contributed by atoms with Crippen molar-refractivity contribution in [1.82, 2.24) is 19.3 Å². The molecule has 2 N–H and O–H groups in total. The molecule has 0 amide bonds. The Bertz CT molecular complexity index is 653. The van der Waals surface area contributed by atoms with E-state index in [0.29, 0.717) is 6.04 Å². The molecule has 2 aromatic heterocycles. The van der Waals surface area contributed by atoms with Crippen molar-refractivity contribution in [2.24, 2.45) is 7.05 Å². The largest absolute Gasteiger partial charge is 0.383 e. The summed E-state index contributed by atoms with van der Waals surface area (Å²) in [5.41, 5.74) is 9.32. The zero-order valence-corrected chi connectivity index (χ0v) is 12.9. The van der Waals surface area contributed by atoms with Gasteiger partial charge in [0.2, 0.25) is 0 Å². The van der Waals surface area contributed by atoms with Crippen LogP contribution in [0.4, 0.5) is 5.82 Å². The SMILES string of the molecule is Cc1nc(-c2cn(C)nc2C(C)(C)C)c(N)n1C1CC1. The van der Waals surface area contributed by atoms with Gasteiger partial charge in [-0.1, -0.05) is 20.8 Å². The second-order valence-electron chi connectivity index (χ2n) is 6.81. The molecule has 1 aliphatic rings. The van der Waals surface area contributed by atoms with Crippen molar-refractivity contribution < 1.29 is 0 Å². The zero-order chi connectivity index (χ0) is 14.7. The summed E-state index contributed by atoms with van der Waals surface area (Å²) in [6.07, 6.45) is 4.44. The molecule has 20 heavy (non-hydrogen) atoms. The van der Waals surface area contributed by atoms with Crippen molar-refractivity contribution in [2.45, 2.75) is 52.0 Å². The van der Waals surface area contributed by atoms with Gasteiger partial charge in [-0.25, -0.2) is 4.98 Å². The van der Waals surface area contributed by atoms with E-state index in [1.165, 1.54) is 12.8 Å². The van der Waals surface area contributed by atoms with Crippen molar-refractivity contribution in [3.63, 3.8) is 0 Å². The molecule has 0 bridgehead atoms. The lowest BCUT2D eigenvalue weighted by atomic mass is 9.89. The van der Waals surface area contributed by atoms with Gasteiger partial charge >= 0.3 is 0 Å². The Labute approximate surface area is 119 Å². The fraction of sp³-hybridized carbons (Fsp3) is 0.600. The van der Waals surface area contributed by atoms with Crippen molar-refractivity contribution in [2.75, 3.05) is 5.73 Å². The highest BCUT2D eigenvalue weighted by molar-refractivity contribution is 5.73. The third-order valence-electron chi connectivity index (χ3n) is 3.83. The summed E-state index contributed by atoms with van der Waals surface area (Å²) in [6.45, 7) is 8.53. The Balaban J connectivity index is 2.17. The first-order chi connectivity index (χ1) is 9.29. The summed E-state index contributed by atoms with van der Waals surface area (Å²) in [5.74, 6) is 1.78. The van der Waals surface area contributed by atoms with Gasteiger partial charge in [-0.2, -0.15) is 5.10 Å². The number of aromatic nitrogens is 4. The molecule has 0 saturated heterocycles. The number of nitrogens with zero attached hydrogens (tertiary/aromatic N) is 4. The van der Waals surface area contributed by atoms with E-state index >= 15 is 0 Å². The third kappa shape index (κ3) is 2.01. The van der Waals surface area contributed by atoms with Gasteiger partial charge in [0.1, 0.15) is 17.3 Å². The fourth-order valence-electron chi connectivity index (χ4n) is 2.77. The molecule has 5 heteroatoms. The van der Waals surface area contributed by atoms with E-state index in [1.54, 1.807) is 0 Å². The Kier molecular flexibility index (Phi) is 2.71. The van der Waals surface area contributed by atoms with Crippen LogP contribution in [-0.2, 0) is 12.5 Å². The number of nitrogens with two attached hydrogens (primary N) is 1. The van der Waals surface area contributed by atoms with E-state index < -0.39 is 0 Å². The van der Waals surface area contributed by atoms with Crippen molar-refractivity contribution in [1.29, 1.82) is 0 Å². The Morgan fingerprint density at radius 3 is 2.50 bits per heavy atom.